The third-order valence-corrected chi connectivity index (χ3v) is 2.81. The van der Waals surface area contributed by atoms with Gasteiger partial charge in [0.15, 0.2) is 0 Å². The van der Waals surface area contributed by atoms with Crippen LogP contribution in [0.2, 0.25) is 0 Å². The number of hydrogen-bond donors (Lipinski definition) is 1. The molecule has 0 aliphatic rings. The minimum absolute atomic E-state index is 0.193. The van der Waals surface area contributed by atoms with E-state index in [1.807, 2.05) is 19.3 Å². The Balaban J connectivity index is 2.52. The maximum atomic E-state index is 4.09. The first-order chi connectivity index (χ1) is 7.53. The fraction of sp³-hybridized carbons (Fsp3) is 0.500. The maximum absolute atomic E-state index is 4.09. The summed E-state index contributed by atoms with van der Waals surface area (Å²) >= 11 is 0. The van der Waals surface area contributed by atoms with Crippen LogP contribution in [0, 0.1) is 5.92 Å². The molecule has 1 N–H and O–H groups in total. The molecule has 2 heteroatoms. The highest BCUT2D eigenvalue weighted by Gasteiger charge is 2.16. The van der Waals surface area contributed by atoms with Gasteiger partial charge in [-0.15, -0.1) is 0 Å². The Kier molecular flexibility index (Phi) is 4.69. The molecule has 1 atom stereocenters. The van der Waals surface area contributed by atoms with Gasteiger partial charge in [-0.1, -0.05) is 25.1 Å². The minimum Gasteiger partial charge on any atom is -0.315 e. The van der Waals surface area contributed by atoms with Crippen molar-refractivity contribution < 1.29 is 0 Å². The van der Waals surface area contributed by atoms with E-state index in [4.69, 9.17) is 0 Å². The van der Waals surface area contributed by atoms with Crippen LogP contribution in [0.3, 0.4) is 0 Å². The average molecular weight is 218 g/mol. The van der Waals surface area contributed by atoms with E-state index in [0.29, 0.717) is 5.92 Å². The van der Waals surface area contributed by atoms with Crippen molar-refractivity contribution in [1.29, 1.82) is 0 Å². The predicted molar refractivity (Wildman–Crippen MR) is 70.2 cm³/mol. The van der Waals surface area contributed by atoms with E-state index in [1.54, 1.807) is 6.20 Å². The largest absolute Gasteiger partial charge is 0.315 e. The van der Waals surface area contributed by atoms with E-state index in [0.717, 1.165) is 12.0 Å². The van der Waals surface area contributed by atoms with E-state index in [2.05, 4.69) is 49.3 Å². The second-order valence-corrected chi connectivity index (χ2v) is 4.96. The Labute approximate surface area is 98.8 Å². The Morgan fingerprint density at radius 3 is 2.81 bits per heavy atom. The van der Waals surface area contributed by atoms with Gasteiger partial charge in [0.05, 0.1) is 0 Å². The van der Waals surface area contributed by atoms with Crippen molar-refractivity contribution in [3.8, 4) is 0 Å². The predicted octanol–water partition coefficient (Wildman–Crippen LogP) is 3.12. The zero-order valence-electron chi connectivity index (χ0n) is 10.7. The summed E-state index contributed by atoms with van der Waals surface area (Å²) in [6, 6.07) is 4.03. The van der Waals surface area contributed by atoms with Gasteiger partial charge < -0.3 is 5.32 Å². The molecular formula is C14H22N2. The Hall–Kier alpha value is -1.15. The molecule has 0 bridgehead atoms. The average Bonchev–Trinajstić information content (AvgIpc) is 2.27. The van der Waals surface area contributed by atoms with Crippen molar-refractivity contribution in [3.63, 3.8) is 0 Å². The smallest absolute Gasteiger partial charge is 0.0340 e. The second-order valence-electron chi connectivity index (χ2n) is 4.96. The summed E-state index contributed by atoms with van der Waals surface area (Å²) in [6.45, 7) is 6.69. The SMILES string of the molecule is CNC(C)(C)CC(C)C=Cc1cccnc1. The van der Waals surface area contributed by atoms with Crippen LogP contribution in [-0.2, 0) is 0 Å². The fourth-order valence-corrected chi connectivity index (χ4v) is 1.72. The third kappa shape index (κ3) is 4.58. The van der Waals surface area contributed by atoms with E-state index in [9.17, 15) is 0 Å². The molecule has 0 saturated carbocycles. The molecule has 1 unspecified atom stereocenters. The number of hydrogen-bond acceptors (Lipinski definition) is 2. The molecule has 0 aromatic carbocycles. The molecule has 88 valence electrons. The summed E-state index contributed by atoms with van der Waals surface area (Å²) in [5.74, 6) is 0.558. The van der Waals surface area contributed by atoms with Crippen LogP contribution in [0.1, 0.15) is 32.8 Å². The van der Waals surface area contributed by atoms with Crippen molar-refractivity contribution in [2.24, 2.45) is 5.92 Å². The molecule has 1 aromatic rings. The van der Waals surface area contributed by atoms with Gasteiger partial charge in [-0.2, -0.15) is 0 Å². The quantitative estimate of drug-likeness (QED) is 0.821. The molecule has 16 heavy (non-hydrogen) atoms. The van der Waals surface area contributed by atoms with Crippen LogP contribution in [0.15, 0.2) is 30.6 Å². The van der Waals surface area contributed by atoms with Gasteiger partial charge in [0.1, 0.15) is 0 Å². The highest BCUT2D eigenvalue weighted by atomic mass is 14.9. The molecule has 0 aliphatic heterocycles. The number of pyridine rings is 1. The van der Waals surface area contributed by atoms with Gasteiger partial charge in [-0.25, -0.2) is 0 Å². The Morgan fingerprint density at radius 1 is 1.50 bits per heavy atom. The normalized spacial score (nSPS) is 14.2. The summed E-state index contributed by atoms with van der Waals surface area (Å²) in [5.41, 5.74) is 1.36. The highest BCUT2D eigenvalue weighted by molar-refractivity contribution is 5.47. The zero-order valence-corrected chi connectivity index (χ0v) is 10.7. The lowest BCUT2D eigenvalue weighted by atomic mass is 9.91. The van der Waals surface area contributed by atoms with Crippen LogP contribution in [0.5, 0.6) is 0 Å². The molecular weight excluding hydrogens is 196 g/mol. The van der Waals surface area contributed by atoms with Gasteiger partial charge in [0.25, 0.3) is 0 Å². The van der Waals surface area contributed by atoms with Crippen LogP contribution in [0.25, 0.3) is 6.08 Å². The summed E-state index contributed by atoms with van der Waals surface area (Å²) in [5, 5.41) is 3.32. The highest BCUT2D eigenvalue weighted by Crippen LogP contribution is 2.17. The molecule has 1 rings (SSSR count). The maximum Gasteiger partial charge on any atom is 0.0340 e. The Bertz CT molecular complexity index is 328. The van der Waals surface area contributed by atoms with Crippen molar-refractivity contribution in [3.05, 3.63) is 36.2 Å². The second kappa shape index (κ2) is 5.80. The first-order valence-electron chi connectivity index (χ1n) is 5.80. The lowest BCUT2D eigenvalue weighted by Crippen LogP contribution is -2.37. The van der Waals surface area contributed by atoms with E-state index in [-0.39, 0.29) is 5.54 Å². The molecule has 0 saturated heterocycles. The third-order valence-electron chi connectivity index (χ3n) is 2.81. The first-order valence-corrected chi connectivity index (χ1v) is 5.80. The topological polar surface area (TPSA) is 24.9 Å². The lowest BCUT2D eigenvalue weighted by molar-refractivity contribution is 0.356. The molecule has 1 aromatic heterocycles. The van der Waals surface area contributed by atoms with Crippen molar-refractivity contribution in [1.82, 2.24) is 10.3 Å². The number of allylic oxidation sites excluding steroid dienone is 1. The van der Waals surface area contributed by atoms with Crippen molar-refractivity contribution in [2.45, 2.75) is 32.7 Å². The first kappa shape index (κ1) is 12.9. The molecule has 0 radical (unpaired) electrons. The van der Waals surface area contributed by atoms with E-state index >= 15 is 0 Å². The van der Waals surface area contributed by atoms with Crippen LogP contribution in [0.4, 0.5) is 0 Å². The summed E-state index contributed by atoms with van der Waals surface area (Å²) in [4.78, 5) is 4.09. The molecule has 0 amide bonds. The standard InChI is InChI=1S/C14H22N2/c1-12(10-14(2,3)15-4)7-8-13-6-5-9-16-11-13/h5-9,11-12,15H,10H2,1-4H3. The summed E-state index contributed by atoms with van der Waals surface area (Å²) in [6.07, 6.45) is 9.19. The van der Waals surface area contributed by atoms with Gasteiger partial charge in [-0.3, -0.25) is 4.98 Å². The monoisotopic (exact) mass is 218 g/mol. The van der Waals surface area contributed by atoms with E-state index < -0.39 is 0 Å². The molecule has 2 nitrogen and oxygen atoms in total. The lowest BCUT2D eigenvalue weighted by Gasteiger charge is -2.26. The van der Waals surface area contributed by atoms with Crippen LogP contribution in [-0.4, -0.2) is 17.6 Å². The number of nitrogens with one attached hydrogen (secondary N) is 1. The van der Waals surface area contributed by atoms with Gasteiger partial charge in [0, 0.05) is 17.9 Å². The number of aromatic nitrogens is 1. The molecule has 1 heterocycles. The molecule has 0 spiro atoms. The number of nitrogens with zero attached hydrogens (tertiary/aromatic N) is 1. The molecule has 0 fully saturated rings. The van der Waals surface area contributed by atoms with Crippen molar-refractivity contribution in [2.75, 3.05) is 7.05 Å². The molecule has 0 aliphatic carbocycles. The minimum atomic E-state index is 0.193. The summed E-state index contributed by atoms with van der Waals surface area (Å²) < 4.78 is 0. The number of rotatable bonds is 5. The van der Waals surface area contributed by atoms with Crippen LogP contribution < -0.4 is 5.32 Å². The van der Waals surface area contributed by atoms with Gasteiger partial charge in [-0.05, 0) is 44.9 Å². The van der Waals surface area contributed by atoms with Gasteiger partial charge in [0.2, 0.25) is 0 Å². The van der Waals surface area contributed by atoms with Gasteiger partial charge >= 0.3 is 0 Å². The Morgan fingerprint density at radius 2 is 2.25 bits per heavy atom. The van der Waals surface area contributed by atoms with Crippen LogP contribution >= 0.6 is 0 Å². The fourth-order valence-electron chi connectivity index (χ4n) is 1.72. The van der Waals surface area contributed by atoms with E-state index in [1.165, 1.54) is 0 Å². The zero-order chi connectivity index (χ0) is 12.0. The summed E-state index contributed by atoms with van der Waals surface area (Å²) in [7, 11) is 2.01. The van der Waals surface area contributed by atoms with Crippen molar-refractivity contribution >= 4 is 6.08 Å².